The monoisotopic (exact) mass is 352 g/mol. The average molecular weight is 352 g/mol. The molecular formula is C13H28N4O7. The molecule has 1 aliphatic heterocycles. The minimum atomic E-state index is -1.18. The topological polar surface area (TPSA) is 222 Å². The van der Waals surface area contributed by atoms with Crippen molar-refractivity contribution in [2.75, 3.05) is 19.7 Å². The zero-order valence-corrected chi connectivity index (χ0v) is 13.4. The number of rotatable bonds is 7. The first kappa shape index (κ1) is 24.5. The van der Waals surface area contributed by atoms with Crippen LogP contribution in [0.2, 0.25) is 0 Å². The molecule has 0 aromatic carbocycles. The molecule has 3 atom stereocenters. The highest BCUT2D eigenvalue weighted by atomic mass is 16.4. The Labute approximate surface area is 139 Å². The first-order chi connectivity index (χ1) is 11.2. The molecule has 11 N–H and O–H groups in total. The summed E-state index contributed by atoms with van der Waals surface area (Å²) in [6, 6.07) is -2.14. The van der Waals surface area contributed by atoms with E-state index in [0.717, 1.165) is 19.4 Å². The van der Waals surface area contributed by atoms with Gasteiger partial charge in [0.25, 0.3) is 0 Å². The summed E-state index contributed by atoms with van der Waals surface area (Å²) < 4.78 is 0. The third kappa shape index (κ3) is 13.8. The van der Waals surface area contributed by atoms with Crippen LogP contribution in [-0.4, -0.2) is 76.2 Å². The fraction of sp³-hybridized carbons (Fsp3) is 0.769. The van der Waals surface area contributed by atoms with Gasteiger partial charge in [0.1, 0.15) is 18.1 Å². The van der Waals surface area contributed by atoms with Gasteiger partial charge >= 0.3 is 17.9 Å². The predicted octanol–water partition coefficient (Wildman–Crippen LogP) is -2.65. The number of nitrogens with two attached hydrogens (primary N) is 3. The van der Waals surface area contributed by atoms with E-state index in [1.165, 1.54) is 0 Å². The SMILES string of the molecule is NCCC[C@H](N)C(=O)O.N[C@@H](CO)C(=O)O.O=C(O)[C@@H]1CCCN1. The van der Waals surface area contributed by atoms with Crippen molar-refractivity contribution in [3.05, 3.63) is 0 Å². The van der Waals surface area contributed by atoms with Crippen LogP contribution < -0.4 is 22.5 Å². The standard InChI is InChI=1S/C5H12N2O2.C5H9NO2.C3H7NO3/c6-3-1-2-4(7)5(8)9;7-5(8)4-2-1-3-6-4;4-2(1-5)3(6)7/h4H,1-3,6-7H2,(H,8,9);4,6H,1-3H2,(H,7,8);2,5H,1,4H2,(H,6,7)/t2*4-;2-/m000/s1. The third-order valence-corrected chi connectivity index (χ3v) is 2.91. The minimum absolute atomic E-state index is 0.269. The van der Waals surface area contributed by atoms with Crippen LogP contribution in [0.25, 0.3) is 0 Å². The Hall–Kier alpha value is -1.79. The molecule has 1 fully saturated rings. The van der Waals surface area contributed by atoms with Crippen LogP contribution in [0, 0.1) is 0 Å². The third-order valence-electron chi connectivity index (χ3n) is 2.91. The first-order valence-electron chi connectivity index (χ1n) is 7.41. The van der Waals surface area contributed by atoms with E-state index in [1.807, 2.05) is 0 Å². The lowest BCUT2D eigenvalue weighted by Gasteiger charge is -2.02. The van der Waals surface area contributed by atoms with Gasteiger partial charge in [-0.05, 0) is 38.8 Å². The Bertz CT molecular complexity index is 375. The molecule has 11 heteroatoms. The van der Waals surface area contributed by atoms with Gasteiger partial charge in [-0.2, -0.15) is 0 Å². The molecule has 0 radical (unpaired) electrons. The number of aliphatic hydroxyl groups excluding tert-OH is 1. The van der Waals surface area contributed by atoms with Crippen molar-refractivity contribution < 1.29 is 34.8 Å². The first-order valence-corrected chi connectivity index (χ1v) is 7.41. The maximum absolute atomic E-state index is 10.1. The Balaban J connectivity index is 0. The maximum atomic E-state index is 10.1. The van der Waals surface area contributed by atoms with E-state index >= 15 is 0 Å². The van der Waals surface area contributed by atoms with Gasteiger partial charge in [-0.25, -0.2) is 0 Å². The molecule has 0 unspecified atom stereocenters. The Morgan fingerprint density at radius 1 is 1.08 bits per heavy atom. The Kier molecular flexibility index (Phi) is 15.1. The molecule has 1 heterocycles. The van der Waals surface area contributed by atoms with E-state index in [1.54, 1.807) is 0 Å². The van der Waals surface area contributed by atoms with Crippen LogP contribution in [0.1, 0.15) is 25.7 Å². The van der Waals surface area contributed by atoms with Crippen molar-refractivity contribution in [2.45, 2.75) is 43.8 Å². The summed E-state index contributed by atoms with van der Waals surface area (Å²) >= 11 is 0. The van der Waals surface area contributed by atoms with Gasteiger partial charge in [0.2, 0.25) is 0 Å². The van der Waals surface area contributed by atoms with Gasteiger partial charge in [-0.1, -0.05) is 0 Å². The molecular weight excluding hydrogens is 324 g/mol. The largest absolute Gasteiger partial charge is 0.480 e. The average Bonchev–Trinajstić information content (AvgIpc) is 3.07. The normalized spacial score (nSPS) is 18.2. The summed E-state index contributed by atoms with van der Waals surface area (Å²) in [7, 11) is 0. The molecule has 1 aliphatic rings. The fourth-order valence-corrected chi connectivity index (χ4v) is 1.43. The van der Waals surface area contributed by atoms with Crippen LogP contribution in [0.3, 0.4) is 0 Å². The second-order valence-electron chi connectivity index (χ2n) is 4.99. The zero-order chi connectivity index (χ0) is 19.1. The van der Waals surface area contributed by atoms with Crippen molar-refractivity contribution in [1.29, 1.82) is 0 Å². The molecule has 0 spiro atoms. The molecule has 24 heavy (non-hydrogen) atoms. The van der Waals surface area contributed by atoms with Gasteiger partial charge in [0, 0.05) is 0 Å². The number of aliphatic carboxylic acids is 3. The van der Waals surface area contributed by atoms with Crippen molar-refractivity contribution in [3.8, 4) is 0 Å². The highest BCUT2D eigenvalue weighted by Crippen LogP contribution is 2.03. The molecule has 1 saturated heterocycles. The number of carboxylic acid groups (broad SMARTS) is 3. The van der Waals surface area contributed by atoms with Gasteiger partial charge in [0.15, 0.2) is 0 Å². The van der Waals surface area contributed by atoms with Crippen molar-refractivity contribution in [2.24, 2.45) is 17.2 Å². The molecule has 0 amide bonds. The van der Waals surface area contributed by atoms with E-state index in [4.69, 9.17) is 37.6 Å². The second kappa shape index (κ2) is 14.8. The summed E-state index contributed by atoms with van der Waals surface area (Å²) in [6.45, 7) is 0.854. The van der Waals surface area contributed by atoms with Gasteiger partial charge in [0.05, 0.1) is 6.61 Å². The van der Waals surface area contributed by atoms with Crippen LogP contribution in [-0.2, 0) is 14.4 Å². The number of hydrogen-bond acceptors (Lipinski definition) is 8. The maximum Gasteiger partial charge on any atom is 0.322 e. The van der Waals surface area contributed by atoms with Crippen molar-refractivity contribution in [1.82, 2.24) is 5.32 Å². The second-order valence-corrected chi connectivity index (χ2v) is 4.99. The number of nitrogens with one attached hydrogen (secondary N) is 1. The van der Waals surface area contributed by atoms with E-state index in [-0.39, 0.29) is 6.04 Å². The van der Waals surface area contributed by atoms with E-state index in [0.29, 0.717) is 19.4 Å². The van der Waals surface area contributed by atoms with Crippen LogP contribution in [0.4, 0.5) is 0 Å². The van der Waals surface area contributed by atoms with Gasteiger partial charge < -0.3 is 42.9 Å². The van der Waals surface area contributed by atoms with Gasteiger partial charge in [-0.15, -0.1) is 0 Å². The Morgan fingerprint density at radius 3 is 1.83 bits per heavy atom. The summed E-state index contributed by atoms with van der Waals surface area (Å²) in [6.07, 6.45) is 2.92. The number of hydrogen-bond donors (Lipinski definition) is 8. The summed E-state index contributed by atoms with van der Waals surface area (Å²) in [5.74, 6) is -2.85. The molecule has 0 aromatic heterocycles. The summed E-state index contributed by atoms with van der Waals surface area (Å²) in [4.78, 5) is 29.8. The lowest BCUT2D eigenvalue weighted by atomic mass is 10.2. The number of carboxylic acids is 3. The number of carbonyl (C=O) groups is 3. The molecule has 0 aliphatic carbocycles. The molecule has 142 valence electrons. The summed E-state index contributed by atoms with van der Waals surface area (Å²) in [5, 5.41) is 35.3. The molecule has 1 rings (SSSR count). The fourth-order valence-electron chi connectivity index (χ4n) is 1.43. The highest BCUT2D eigenvalue weighted by molar-refractivity contribution is 5.74. The molecule has 0 saturated carbocycles. The van der Waals surface area contributed by atoms with Crippen LogP contribution >= 0.6 is 0 Å². The van der Waals surface area contributed by atoms with Crippen molar-refractivity contribution >= 4 is 17.9 Å². The lowest BCUT2D eigenvalue weighted by molar-refractivity contribution is -0.140. The van der Waals surface area contributed by atoms with Crippen LogP contribution in [0.5, 0.6) is 0 Å². The smallest absolute Gasteiger partial charge is 0.322 e. The van der Waals surface area contributed by atoms with E-state index < -0.39 is 36.6 Å². The van der Waals surface area contributed by atoms with E-state index in [2.05, 4.69) is 5.32 Å². The highest BCUT2D eigenvalue weighted by Gasteiger charge is 2.20. The molecule has 11 nitrogen and oxygen atoms in total. The lowest BCUT2D eigenvalue weighted by Crippen LogP contribution is -2.33. The quantitative estimate of drug-likeness (QED) is 0.236. The Morgan fingerprint density at radius 2 is 1.62 bits per heavy atom. The number of aliphatic hydroxyl groups is 1. The van der Waals surface area contributed by atoms with Crippen molar-refractivity contribution in [3.63, 3.8) is 0 Å². The molecule has 0 aromatic rings. The minimum Gasteiger partial charge on any atom is -0.480 e. The predicted molar refractivity (Wildman–Crippen MR) is 85.3 cm³/mol. The van der Waals surface area contributed by atoms with Crippen LogP contribution in [0.15, 0.2) is 0 Å². The van der Waals surface area contributed by atoms with E-state index in [9.17, 15) is 14.4 Å². The van der Waals surface area contributed by atoms with Gasteiger partial charge in [-0.3, -0.25) is 14.4 Å². The zero-order valence-electron chi connectivity index (χ0n) is 13.4. The summed E-state index contributed by atoms with van der Waals surface area (Å²) in [5.41, 5.74) is 15.0. The molecule has 0 bridgehead atoms.